The third kappa shape index (κ3) is 7.73. The van der Waals surface area contributed by atoms with Crippen LogP contribution in [-0.2, 0) is 10.1 Å². The van der Waals surface area contributed by atoms with Gasteiger partial charge in [-0.3, -0.25) is 4.55 Å². The van der Waals surface area contributed by atoms with Gasteiger partial charge in [0.2, 0.25) is 0 Å². The molecule has 0 aliphatic heterocycles. The van der Waals surface area contributed by atoms with Gasteiger partial charge >= 0.3 is 15.6 Å². The van der Waals surface area contributed by atoms with Crippen molar-refractivity contribution in [1.29, 1.82) is 0 Å². The molecule has 1 N–H and O–H groups in total. The summed E-state index contributed by atoms with van der Waals surface area (Å²) >= 11 is 1.79. The summed E-state index contributed by atoms with van der Waals surface area (Å²) in [6.45, 7) is 0. The van der Waals surface area contributed by atoms with E-state index < -0.39 is 15.6 Å². The molecule has 9 heteroatoms. The predicted octanol–water partition coefficient (Wildman–Crippen LogP) is 5.94. The van der Waals surface area contributed by atoms with Crippen LogP contribution in [0.2, 0.25) is 0 Å². The highest BCUT2D eigenvalue weighted by Crippen LogP contribution is 2.30. The number of halogens is 3. The van der Waals surface area contributed by atoms with Crippen LogP contribution < -0.4 is 4.74 Å². The molecule has 0 unspecified atom stereocenters. The van der Waals surface area contributed by atoms with E-state index in [0.717, 1.165) is 5.75 Å². The molecule has 0 amide bonds. The summed E-state index contributed by atoms with van der Waals surface area (Å²) in [5, 5.41) is 0. The summed E-state index contributed by atoms with van der Waals surface area (Å²) in [5.74, 6) is 1.01. The van der Waals surface area contributed by atoms with Gasteiger partial charge in [-0.05, 0) is 62.1 Å². The fraction of sp³-hybridized carbons (Fsp3) is 0.368. The third-order valence-electron chi connectivity index (χ3n) is 3.95. The Bertz CT molecular complexity index is 817. The highest BCUT2D eigenvalue weighted by Gasteiger charge is 2.44. The topological polar surface area (TPSA) is 63.6 Å². The van der Waals surface area contributed by atoms with Crippen LogP contribution in [0, 0.1) is 0 Å². The normalized spacial score (nSPS) is 15.4. The minimum Gasteiger partial charge on any atom is -0.490 e. The molecular formula is C19H21F3O4S2. The first kappa shape index (κ1) is 22.6. The Kier molecular flexibility index (Phi) is 8.21. The SMILES string of the molecule is O=S(=O)(O)C(F)(F)F.c1ccc(Sc2ccc(OC3CCCCC3)cc2)cc1. The maximum atomic E-state index is 10.7. The molecule has 28 heavy (non-hydrogen) atoms. The average molecular weight is 435 g/mol. The van der Waals surface area contributed by atoms with Gasteiger partial charge < -0.3 is 4.74 Å². The lowest BCUT2D eigenvalue weighted by atomic mass is 9.98. The molecular weight excluding hydrogens is 413 g/mol. The van der Waals surface area contributed by atoms with Crippen molar-refractivity contribution in [2.75, 3.05) is 0 Å². The minimum absolute atomic E-state index is 0.427. The summed E-state index contributed by atoms with van der Waals surface area (Å²) in [5.41, 5.74) is -5.53. The molecule has 2 aromatic rings. The van der Waals surface area contributed by atoms with E-state index in [9.17, 15) is 13.2 Å². The molecule has 0 radical (unpaired) electrons. The highest BCUT2D eigenvalue weighted by atomic mass is 32.2. The van der Waals surface area contributed by atoms with E-state index in [2.05, 4.69) is 48.5 Å². The zero-order chi connectivity index (χ0) is 20.6. The molecule has 1 saturated carbocycles. The van der Waals surface area contributed by atoms with Crippen LogP contribution in [-0.4, -0.2) is 24.6 Å². The number of ether oxygens (including phenoxy) is 1. The second-order valence-electron chi connectivity index (χ2n) is 6.19. The lowest BCUT2D eigenvalue weighted by molar-refractivity contribution is -0.0510. The fourth-order valence-corrected chi connectivity index (χ4v) is 3.42. The minimum atomic E-state index is -5.84. The molecule has 1 fully saturated rings. The maximum Gasteiger partial charge on any atom is 0.522 e. The van der Waals surface area contributed by atoms with Crippen molar-refractivity contribution in [2.24, 2.45) is 0 Å². The van der Waals surface area contributed by atoms with E-state index in [4.69, 9.17) is 17.7 Å². The van der Waals surface area contributed by atoms with Crippen molar-refractivity contribution in [3.8, 4) is 5.75 Å². The van der Waals surface area contributed by atoms with Gasteiger partial charge in [0, 0.05) is 9.79 Å². The molecule has 1 aliphatic rings. The Morgan fingerprint density at radius 1 is 0.893 bits per heavy atom. The van der Waals surface area contributed by atoms with Crippen LogP contribution in [0.1, 0.15) is 32.1 Å². The molecule has 0 aromatic heterocycles. The van der Waals surface area contributed by atoms with E-state index in [0.29, 0.717) is 6.10 Å². The summed E-state index contributed by atoms with van der Waals surface area (Å²) < 4.78 is 63.6. The second kappa shape index (κ2) is 10.2. The van der Waals surface area contributed by atoms with Gasteiger partial charge in [-0.2, -0.15) is 21.6 Å². The molecule has 1 aliphatic carbocycles. The first-order valence-electron chi connectivity index (χ1n) is 8.68. The number of benzene rings is 2. The lowest BCUT2D eigenvalue weighted by Gasteiger charge is -2.23. The first-order chi connectivity index (χ1) is 13.1. The monoisotopic (exact) mass is 434 g/mol. The first-order valence-corrected chi connectivity index (χ1v) is 10.9. The highest BCUT2D eigenvalue weighted by molar-refractivity contribution is 7.99. The van der Waals surface area contributed by atoms with Crippen molar-refractivity contribution in [3.63, 3.8) is 0 Å². The van der Waals surface area contributed by atoms with Gasteiger partial charge in [0.15, 0.2) is 0 Å². The van der Waals surface area contributed by atoms with Crippen molar-refractivity contribution >= 4 is 21.9 Å². The number of hydrogen-bond donors (Lipinski definition) is 1. The zero-order valence-electron chi connectivity index (χ0n) is 14.9. The molecule has 0 heterocycles. The quantitative estimate of drug-likeness (QED) is 0.476. The number of hydrogen-bond acceptors (Lipinski definition) is 4. The number of alkyl halides is 3. The summed E-state index contributed by atoms with van der Waals surface area (Å²) in [7, 11) is -5.84. The molecule has 154 valence electrons. The van der Waals surface area contributed by atoms with Crippen LogP contribution in [0.3, 0.4) is 0 Å². The third-order valence-corrected chi connectivity index (χ3v) is 5.55. The van der Waals surface area contributed by atoms with E-state index in [1.54, 1.807) is 11.8 Å². The van der Waals surface area contributed by atoms with E-state index in [1.165, 1.54) is 41.9 Å². The standard InChI is InChI=1S/C18H20OS.CHF3O3S/c1-3-7-15(8-4-1)19-16-11-13-18(14-12-16)20-17-9-5-2-6-10-17;2-1(3,4)8(5,6)7/h2,5-6,9-15H,1,3-4,7-8H2;(H,5,6,7). The van der Waals surface area contributed by atoms with Gasteiger partial charge in [0.25, 0.3) is 0 Å². The van der Waals surface area contributed by atoms with Gasteiger partial charge in [0.05, 0.1) is 6.10 Å². The fourth-order valence-electron chi connectivity index (χ4n) is 2.59. The van der Waals surface area contributed by atoms with E-state index >= 15 is 0 Å². The Morgan fingerprint density at radius 3 is 1.89 bits per heavy atom. The smallest absolute Gasteiger partial charge is 0.490 e. The predicted molar refractivity (Wildman–Crippen MR) is 102 cm³/mol. The van der Waals surface area contributed by atoms with Crippen LogP contribution in [0.5, 0.6) is 5.75 Å². The Balaban J connectivity index is 0.000000300. The Hall–Kier alpha value is -1.71. The average Bonchev–Trinajstić information content (AvgIpc) is 2.64. The molecule has 2 aromatic carbocycles. The molecule has 0 atom stereocenters. The van der Waals surface area contributed by atoms with E-state index in [-0.39, 0.29) is 0 Å². The molecule has 0 saturated heterocycles. The van der Waals surface area contributed by atoms with Crippen LogP contribution in [0.4, 0.5) is 13.2 Å². The van der Waals surface area contributed by atoms with Gasteiger partial charge in [0.1, 0.15) is 5.75 Å². The van der Waals surface area contributed by atoms with Crippen molar-refractivity contribution in [3.05, 3.63) is 54.6 Å². The van der Waals surface area contributed by atoms with Crippen molar-refractivity contribution in [2.45, 2.75) is 53.5 Å². The van der Waals surface area contributed by atoms with Gasteiger partial charge in [-0.15, -0.1) is 0 Å². The van der Waals surface area contributed by atoms with Gasteiger partial charge in [-0.1, -0.05) is 36.4 Å². The molecule has 0 spiro atoms. The van der Waals surface area contributed by atoms with Gasteiger partial charge in [-0.25, -0.2) is 0 Å². The summed E-state index contributed by atoms with van der Waals surface area (Å²) in [6.07, 6.45) is 6.84. The molecule has 4 nitrogen and oxygen atoms in total. The molecule has 0 bridgehead atoms. The number of rotatable bonds is 4. The van der Waals surface area contributed by atoms with Crippen LogP contribution in [0.15, 0.2) is 64.4 Å². The van der Waals surface area contributed by atoms with Crippen LogP contribution in [0.25, 0.3) is 0 Å². The van der Waals surface area contributed by atoms with Crippen molar-refractivity contribution in [1.82, 2.24) is 0 Å². The largest absolute Gasteiger partial charge is 0.522 e. The summed E-state index contributed by atoms with van der Waals surface area (Å²) in [6, 6.07) is 19.0. The Labute approximate surface area is 166 Å². The van der Waals surface area contributed by atoms with Crippen LogP contribution >= 0.6 is 11.8 Å². The lowest BCUT2D eigenvalue weighted by Crippen LogP contribution is -2.21. The second-order valence-corrected chi connectivity index (χ2v) is 8.75. The van der Waals surface area contributed by atoms with Crippen molar-refractivity contribution < 1.29 is 30.9 Å². The Morgan fingerprint density at radius 2 is 1.39 bits per heavy atom. The maximum absolute atomic E-state index is 10.7. The van der Waals surface area contributed by atoms with E-state index in [1.807, 2.05) is 6.07 Å². The molecule has 3 rings (SSSR count). The summed E-state index contributed by atoms with van der Waals surface area (Å²) in [4.78, 5) is 2.53. The zero-order valence-corrected chi connectivity index (χ0v) is 16.6.